The molecule has 1 atom stereocenters. The van der Waals surface area contributed by atoms with Gasteiger partial charge in [0.1, 0.15) is 0 Å². The number of methoxy groups -OCH3 is 1. The van der Waals surface area contributed by atoms with Gasteiger partial charge in [0, 0.05) is 20.8 Å². The molecule has 0 aromatic heterocycles. The van der Waals surface area contributed by atoms with Crippen LogP contribution in [0.4, 0.5) is 5.69 Å². The molecule has 2 aromatic carbocycles. The highest BCUT2D eigenvalue weighted by atomic mass is 32.2. The minimum Gasteiger partial charge on any atom is -0.385 e. The molecular weight excluding hydrogens is 336 g/mol. The van der Waals surface area contributed by atoms with Gasteiger partial charge in [-0.2, -0.15) is 0 Å². The Morgan fingerprint density at radius 2 is 1.92 bits per heavy atom. The topological polar surface area (TPSA) is 58.6 Å². The van der Waals surface area contributed by atoms with Gasteiger partial charge in [-0.05, 0) is 43.1 Å². The van der Waals surface area contributed by atoms with Gasteiger partial charge in [-0.15, -0.1) is 0 Å². The summed E-state index contributed by atoms with van der Waals surface area (Å²) in [6, 6.07) is 13.0. The summed E-state index contributed by atoms with van der Waals surface area (Å²) >= 11 is 0. The van der Waals surface area contributed by atoms with E-state index in [9.17, 15) is 8.42 Å². The lowest BCUT2D eigenvalue weighted by Gasteiger charge is -2.22. The van der Waals surface area contributed by atoms with Gasteiger partial charge in [-0.1, -0.05) is 35.9 Å². The summed E-state index contributed by atoms with van der Waals surface area (Å²) in [5.41, 5.74) is 3.52. The second-order valence-corrected chi connectivity index (χ2v) is 8.24. The molecule has 0 saturated heterocycles. The SMILES string of the molecule is COCCCNC1c2ccccc2N(C)S(=O)(=O)c2ccc(C)cc21. The Morgan fingerprint density at radius 3 is 2.68 bits per heavy atom. The summed E-state index contributed by atoms with van der Waals surface area (Å²) in [6.07, 6.45) is 0.860. The van der Waals surface area contributed by atoms with Crippen LogP contribution in [0.25, 0.3) is 0 Å². The van der Waals surface area contributed by atoms with Gasteiger partial charge >= 0.3 is 0 Å². The number of hydrogen-bond acceptors (Lipinski definition) is 4. The molecule has 5 nitrogen and oxygen atoms in total. The molecular formula is C19H24N2O3S. The number of hydrogen-bond donors (Lipinski definition) is 1. The first-order chi connectivity index (χ1) is 12.0. The van der Waals surface area contributed by atoms with E-state index < -0.39 is 10.0 Å². The Morgan fingerprint density at radius 1 is 1.16 bits per heavy atom. The smallest absolute Gasteiger partial charge is 0.264 e. The fraction of sp³-hybridized carbons (Fsp3) is 0.368. The Balaban J connectivity index is 2.16. The Bertz CT molecular complexity index is 865. The van der Waals surface area contributed by atoms with Gasteiger partial charge < -0.3 is 10.1 Å². The number of ether oxygens (including phenoxy) is 1. The molecule has 1 N–H and O–H groups in total. The van der Waals surface area contributed by atoms with Crippen LogP contribution in [0.15, 0.2) is 47.4 Å². The van der Waals surface area contributed by atoms with E-state index in [0.717, 1.165) is 29.7 Å². The number of para-hydroxylation sites is 1. The molecule has 1 unspecified atom stereocenters. The van der Waals surface area contributed by atoms with Gasteiger partial charge in [0.2, 0.25) is 0 Å². The predicted octanol–water partition coefficient (Wildman–Crippen LogP) is 2.85. The van der Waals surface area contributed by atoms with Crippen LogP contribution in [0.2, 0.25) is 0 Å². The second-order valence-electron chi connectivity index (χ2n) is 6.31. The van der Waals surface area contributed by atoms with Crippen LogP contribution in [0, 0.1) is 6.92 Å². The summed E-state index contributed by atoms with van der Waals surface area (Å²) in [7, 11) is -0.289. The molecule has 0 bridgehead atoms. The number of benzene rings is 2. The average Bonchev–Trinajstić information content (AvgIpc) is 2.66. The Hall–Kier alpha value is -1.89. The van der Waals surface area contributed by atoms with Crippen LogP contribution in [0.1, 0.15) is 29.2 Å². The number of anilines is 1. The summed E-state index contributed by atoms with van der Waals surface area (Å²) in [5.74, 6) is 0. The van der Waals surface area contributed by atoms with Gasteiger partial charge in [-0.25, -0.2) is 8.42 Å². The first kappa shape index (κ1) is 17.9. The van der Waals surface area contributed by atoms with Crippen molar-refractivity contribution >= 4 is 15.7 Å². The molecule has 0 fully saturated rings. The average molecular weight is 360 g/mol. The summed E-state index contributed by atoms with van der Waals surface area (Å²) in [5, 5.41) is 3.52. The van der Waals surface area contributed by atoms with E-state index in [4.69, 9.17) is 4.74 Å². The summed E-state index contributed by atoms with van der Waals surface area (Å²) < 4.78 is 32.7. The maximum atomic E-state index is 13.1. The van der Waals surface area contributed by atoms with Crippen molar-refractivity contribution in [2.45, 2.75) is 24.3 Å². The molecule has 0 aliphatic carbocycles. The number of nitrogens with one attached hydrogen (secondary N) is 1. The van der Waals surface area contributed by atoms with Gasteiger partial charge in [0.25, 0.3) is 10.0 Å². The minimum absolute atomic E-state index is 0.178. The van der Waals surface area contributed by atoms with E-state index in [-0.39, 0.29) is 6.04 Å². The van der Waals surface area contributed by atoms with Crippen molar-refractivity contribution in [3.05, 3.63) is 59.2 Å². The second kappa shape index (κ2) is 7.15. The molecule has 25 heavy (non-hydrogen) atoms. The molecule has 3 rings (SSSR count). The largest absolute Gasteiger partial charge is 0.385 e. The van der Waals surface area contributed by atoms with E-state index in [1.807, 2.05) is 43.3 Å². The minimum atomic E-state index is -3.59. The number of nitrogens with zero attached hydrogens (tertiary/aromatic N) is 1. The molecule has 6 heteroatoms. The number of aryl methyl sites for hydroxylation is 1. The normalized spacial score (nSPS) is 18.4. The molecule has 0 spiro atoms. The highest BCUT2D eigenvalue weighted by molar-refractivity contribution is 7.92. The van der Waals surface area contributed by atoms with Crippen LogP contribution in [0.5, 0.6) is 0 Å². The van der Waals surface area contributed by atoms with Crippen molar-refractivity contribution in [1.29, 1.82) is 0 Å². The third kappa shape index (κ3) is 3.29. The van der Waals surface area contributed by atoms with Crippen molar-refractivity contribution in [3.63, 3.8) is 0 Å². The lowest BCUT2D eigenvalue weighted by Crippen LogP contribution is -2.26. The van der Waals surface area contributed by atoms with Crippen molar-refractivity contribution in [2.75, 3.05) is 31.6 Å². The first-order valence-electron chi connectivity index (χ1n) is 8.37. The zero-order valence-corrected chi connectivity index (χ0v) is 15.6. The van der Waals surface area contributed by atoms with E-state index >= 15 is 0 Å². The molecule has 1 aliphatic rings. The van der Waals surface area contributed by atoms with Crippen LogP contribution in [-0.4, -0.2) is 35.7 Å². The summed E-state index contributed by atoms with van der Waals surface area (Å²) in [6.45, 7) is 3.39. The van der Waals surface area contributed by atoms with Crippen LogP contribution < -0.4 is 9.62 Å². The van der Waals surface area contributed by atoms with Crippen molar-refractivity contribution < 1.29 is 13.2 Å². The fourth-order valence-electron chi connectivity index (χ4n) is 3.27. The molecule has 0 saturated carbocycles. The highest BCUT2D eigenvalue weighted by Crippen LogP contribution is 2.40. The fourth-order valence-corrected chi connectivity index (χ4v) is 4.71. The van der Waals surface area contributed by atoms with E-state index in [1.165, 1.54) is 4.31 Å². The molecule has 2 aromatic rings. The van der Waals surface area contributed by atoms with Crippen molar-refractivity contribution in [1.82, 2.24) is 5.32 Å². The van der Waals surface area contributed by atoms with E-state index in [1.54, 1.807) is 20.2 Å². The Kier molecular flexibility index (Phi) is 5.13. The van der Waals surface area contributed by atoms with E-state index in [0.29, 0.717) is 17.2 Å². The first-order valence-corrected chi connectivity index (χ1v) is 9.81. The molecule has 1 heterocycles. The third-order valence-corrected chi connectivity index (χ3v) is 6.42. The zero-order valence-electron chi connectivity index (χ0n) is 14.8. The molecule has 0 radical (unpaired) electrons. The van der Waals surface area contributed by atoms with Crippen molar-refractivity contribution in [3.8, 4) is 0 Å². The standard InChI is InChI=1S/C19H24N2O3S/c1-14-9-10-18-16(13-14)19(20-11-6-12-24-3)15-7-4-5-8-17(15)21(2)25(18,22)23/h4-5,7-10,13,19-20H,6,11-12H2,1-3H3. The predicted molar refractivity (Wildman–Crippen MR) is 99.5 cm³/mol. The van der Waals surface area contributed by atoms with Gasteiger partial charge in [0.15, 0.2) is 0 Å². The molecule has 0 amide bonds. The zero-order chi connectivity index (χ0) is 18.0. The maximum absolute atomic E-state index is 13.1. The maximum Gasteiger partial charge on any atom is 0.264 e. The van der Waals surface area contributed by atoms with Crippen LogP contribution in [-0.2, 0) is 14.8 Å². The van der Waals surface area contributed by atoms with Crippen LogP contribution in [0.3, 0.4) is 0 Å². The lowest BCUT2D eigenvalue weighted by atomic mass is 9.95. The number of rotatable bonds is 5. The van der Waals surface area contributed by atoms with E-state index in [2.05, 4.69) is 5.32 Å². The quantitative estimate of drug-likeness (QED) is 0.833. The third-order valence-electron chi connectivity index (χ3n) is 4.58. The Labute approximate surface area is 149 Å². The number of fused-ring (bicyclic) bond motifs is 2. The summed E-state index contributed by atoms with van der Waals surface area (Å²) in [4.78, 5) is 0.362. The lowest BCUT2D eigenvalue weighted by molar-refractivity contribution is 0.193. The monoisotopic (exact) mass is 360 g/mol. The van der Waals surface area contributed by atoms with Gasteiger partial charge in [0.05, 0.1) is 16.6 Å². The molecule has 134 valence electrons. The van der Waals surface area contributed by atoms with Crippen LogP contribution >= 0.6 is 0 Å². The highest BCUT2D eigenvalue weighted by Gasteiger charge is 2.34. The molecule has 1 aliphatic heterocycles. The van der Waals surface area contributed by atoms with Gasteiger partial charge in [-0.3, -0.25) is 4.31 Å². The van der Waals surface area contributed by atoms with Crippen molar-refractivity contribution in [2.24, 2.45) is 0 Å². The number of sulfonamides is 1.